The largest absolute Gasteiger partial charge is 0.506 e. The molecule has 0 aliphatic heterocycles. The zero-order valence-corrected chi connectivity index (χ0v) is 13.5. The van der Waals surface area contributed by atoms with Crippen LogP contribution in [0.1, 0.15) is 11.1 Å². The van der Waals surface area contributed by atoms with Gasteiger partial charge in [-0.15, -0.1) is 0 Å². The third-order valence-corrected chi connectivity index (χ3v) is 3.53. The average Bonchev–Trinajstić information content (AvgIpc) is 2.50. The molecule has 0 aromatic heterocycles. The summed E-state index contributed by atoms with van der Waals surface area (Å²) in [7, 11) is 0. The maximum atomic E-state index is 12.6. The number of thiocarbonyl (C=S) groups is 1. The number of phenols is 1. The lowest BCUT2D eigenvalue weighted by Gasteiger charge is -2.24. The minimum atomic E-state index is -4.48. The summed E-state index contributed by atoms with van der Waals surface area (Å²) in [6, 6.07) is 8.01. The number of aromatic hydroxyl groups is 1. The molecule has 2 aromatic carbocycles. The molecule has 0 unspecified atom stereocenters. The Morgan fingerprint density at radius 1 is 1.17 bits per heavy atom. The predicted octanol–water partition coefficient (Wildman–Crippen LogP) is 4.14. The lowest BCUT2D eigenvalue weighted by molar-refractivity contribution is -0.137. The molecule has 9 heteroatoms. The number of alkyl halides is 3. The van der Waals surface area contributed by atoms with Crippen LogP contribution in [-0.2, 0) is 6.18 Å². The molecule has 2 rings (SSSR count). The monoisotopic (exact) mass is 373 g/mol. The van der Waals surface area contributed by atoms with Crippen molar-refractivity contribution in [3.63, 3.8) is 0 Å². The Bertz CT molecular complexity index is 794. The van der Waals surface area contributed by atoms with E-state index in [0.717, 1.165) is 29.2 Å². The molecule has 0 saturated carbocycles. The fourth-order valence-electron chi connectivity index (χ4n) is 1.97. The molecule has 0 heterocycles. The first-order chi connectivity index (χ1) is 11.1. The third kappa shape index (κ3) is 3.77. The van der Waals surface area contributed by atoms with Crippen LogP contribution in [0.4, 0.5) is 18.9 Å². The molecule has 0 amide bonds. The number of hydrogen-bond donors (Lipinski definition) is 3. The van der Waals surface area contributed by atoms with Gasteiger partial charge in [0.05, 0.1) is 11.3 Å². The fraction of sp³-hybridized carbons (Fsp3) is 0.0667. The van der Waals surface area contributed by atoms with Crippen LogP contribution in [0, 0.1) is 5.41 Å². The van der Waals surface area contributed by atoms with E-state index in [-0.39, 0.29) is 33.0 Å². The molecule has 4 N–H and O–H groups in total. The number of halogens is 4. The Morgan fingerprint density at radius 3 is 2.25 bits per heavy atom. The lowest BCUT2D eigenvalue weighted by atomic mass is 10.1. The van der Waals surface area contributed by atoms with Crippen molar-refractivity contribution in [3.05, 3.63) is 58.6 Å². The number of nitrogens with zero attached hydrogens (tertiary/aromatic N) is 1. The van der Waals surface area contributed by atoms with Crippen molar-refractivity contribution >= 4 is 40.5 Å². The topological polar surface area (TPSA) is 73.3 Å². The summed E-state index contributed by atoms with van der Waals surface area (Å²) in [4.78, 5) is 1.01. The molecule has 0 aliphatic rings. The molecule has 24 heavy (non-hydrogen) atoms. The van der Waals surface area contributed by atoms with Gasteiger partial charge < -0.3 is 10.8 Å². The van der Waals surface area contributed by atoms with Gasteiger partial charge in [-0.2, -0.15) is 13.2 Å². The number of amidine groups is 1. The quantitative estimate of drug-likeness (QED) is 0.420. The second kappa shape index (κ2) is 6.66. The standard InChI is InChI=1S/C15H11ClF3N3OS/c16-10-5-6-12(23)11(7-10)22(14(21)24)13(20)8-1-3-9(4-2-8)15(17,18)19/h1-7,20,23H,(H2,21,24). The fourth-order valence-corrected chi connectivity index (χ4v) is 2.33. The van der Waals surface area contributed by atoms with Crippen LogP contribution in [0.25, 0.3) is 0 Å². The van der Waals surface area contributed by atoms with Crippen molar-refractivity contribution < 1.29 is 18.3 Å². The number of phenolic OH excluding ortho intramolecular Hbond substituents is 1. The van der Waals surface area contributed by atoms with Gasteiger partial charge >= 0.3 is 6.18 Å². The first-order valence-corrected chi connectivity index (χ1v) is 7.24. The maximum Gasteiger partial charge on any atom is 0.416 e. The van der Waals surface area contributed by atoms with E-state index in [1.807, 2.05) is 0 Å². The van der Waals surface area contributed by atoms with Gasteiger partial charge in [-0.05, 0) is 42.5 Å². The molecule has 0 aliphatic carbocycles. The van der Waals surface area contributed by atoms with Gasteiger partial charge in [0.2, 0.25) is 0 Å². The highest BCUT2D eigenvalue weighted by Gasteiger charge is 2.30. The van der Waals surface area contributed by atoms with Gasteiger partial charge in [0.25, 0.3) is 0 Å². The number of rotatable bonds is 2. The predicted molar refractivity (Wildman–Crippen MR) is 90.7 cm³/mol. The van der Waals surface area contributed by atoms with Gasteiger partial charge in [0.15, 0.2) is 5.11 Å². The van der Waals surface area contributed by atoms with Gasteiger partial charge in [0, 0.05) is 10.6 Å². The van der Waals surface area contributed by atoms with Gasteiger partial charge in [-0.3, -0.25) is 10.3 Å². The Labute approximate surface area is 145 Å². The van der Waals surface area contributed by atoms with E-state index in [1.165, 1.54) is 18.2 Å². The minimum Gasteiger partial charge on any atom is -0.506 e. The minimum absolute atomic E-state index is 0.0555. The zero-order chi connectivity index (χ0) is 18.1. The SMILES string of the molecule is N=C(c1ccc(C(F)(F)F)cc1)N(C(N)=S)c1cc(Cl)ccc1O. The Morgan fingerprint density at radius 2 is 1.75 bits per heavy atom. The number of nitrogens with one attached hydrogen (secondary N) is 1. The molecule has 0 radical (unpaired) electrons. The number of nitrogens with two attached hydrogens (primary N) is 1. The van der Waals surface area contributed by atoms with Gasteiger partial charge in [-0.1, -0.05) is 23.7 Å². The van der Waals surface area contributed by atoms with E-state index in [9.17, 15) is 18.3 Å². The summed E-state index contributed by atoms with van der Waals surface area (Å²) < 4.78 is 37.9. The highest BCUT2D eigenvalue weighted by Crippen LogP contribution is 2.32. The van der Waals surface area contributed by atoms with Crippen LogP contribution < -0.4 is 10.6 Å². The molecule has 126 valence electrons. The highest BCUT2D eigenvalue weighted by atomic mass is 35.5. The van der Waals surface area contributed by atoms with Crippen LogP contribution in [0.2, 0.25) is 5.02 Å². The second-order valence-electron chi connectivity index (χ2n) is 4.73. The molecule has 2 aromatic rings. The Balaban J connectivity index is 2.44. The van der Waals surface area contributed by atoms with Crippen LogP contribution in [0.3, 0.4) is 0 Å². The van der Waals surface area contributed by atoms with E-state index in [0.29, 0.717) is 0 Å². The van der Waals surface area contributed by atoms with E-state index in [2.05, 4.69) is 0 Å². The molecule has 0 fully saturated rings. The van der Waals surface area contributed by atoms with Crippen LogP contribution in [-0.4, -0.2) is 16.1 Å². The van der Waals surface area contributed by atoms with Gasteiger partial charge in [0.1, 0.15) is 11.6 Å². The van der Waals surface area contributed by atoms with Gasteiger partial charge in [-0.25, -0.2) is 0 Å². The zero-order valence-electron chi connectivity index (χ0n) is 11.9. The first-order valence-electron chi connectivity index (χ1n) is 6.45. The summed E-state index contributed by atoms with van der Waals surface area (Å²) >= 11 is 10.8. The summed E-state index contributed by atoms with van der Waals surface area (Å²) in [5, 5.41) is 18.1. The number of benzene rings is 2. The summed E-state index contributed by atoms with van der Waals surface area (Å²) in [5.74, 6) is -0.530. The van der Waals surface area contributed by atoms with Crippen molar-refractivity contribution in [1.82, 2.24) is 0 Å². The Hall–Kier alpha value is -2.32. The first kappa shape index (κ1) is 18.0. The second-order valence-corrected chi connectivity index (χ2v) is 5.59. The number of hydrogen-bond acceptors (Lipinski definition) is 3. The van der Waals surface area contributed by atoms with Crippen molar-refractivity contribution in [1.29, 1.82) is 5.41 Å². The normalized spacial score (nSPS) is 11.2. The summed E-state index contributed by atoms with van der Waals surface area (Å²) in [6.45, 7) is 0. The molecular weight excluding hydrogens is 363 g/mol. The smallest absolute Gasteiger partial charge is 0.416 e. The van der Waals surface area contributed by atoms with Crippen molar-refractivity contribution in [2.75, 3.05) is 4.90 Å². The molecule has 0 spiro atoms. The maximum absolute atomic E-state index is 12.6. The summed E-state index contributed by atoms with van der Waals surface area (Å²) in [5.41, 5.74) is 4.96. The molecule has 4 nitrogen and oxygen atoms in total. The van der Waals surface area contributed by atoms with Crippen LogP contribution >= 0.6 is 23.8 Å². The van der Waals surface area contributed by atoms with Crippen molar-refractivity contribution in [3.8, 4) is 5.75 Å². The van der Waals surface area contributed by atoms with E-state index >= 15 is 0 Å². The van der Waals surface area contributed by atoms with E-state index in [1.54, 1.807) is 0 Å². The molecule has 0 atom stereocenters. The molecular formula is C15H11ClF3N3OS. The Kier molecular flexibility index (Phi) is 5.00. The van der Waals surface area contributed by atoms with Crippen molar-refractivity contribution in [2.24, 2.45) is 5.73 Å². The van der Waals surface area contributed by atoms with E-state index < -0.39 is 11.7 Å². The van der Waals surface area contributed by atoms with Crippen LogP contribution in [0.15, 0.2) is 42.5 Å². The lowest BCUT2D eigenvalue weighted by Crippen LogP contribution is -2.40. The molecule has 0 saturated heterocycles. The third-order valence-electron chi connectivity index (χ3n) is 3.11. The average molecular weight is 374 g/mol. The van der Waals surface area contributed by atoms with Crippen molar-refractivity contribution in [2.45, 2.75) is 6.18 Å². The van der Waals surface area contributed by atoms with E-state index in [4.69, 9.17) is 35.0 Å². The summed E-state index contributed by atoms with van der Waals surface area (Å²) in [6.07, 6.45) is -4.48. The number of anilines is 1. The highest BCUT2D eigenvalue weighted by molar-refractivity contribution is 7.80. The molecule has 0 bridgehead atoms. The van der Waals surface area contributed by atoms with Crippen LogP contribution in [0.5, 0.6) is 5.75 Å².